The second-order valence-corrected chi connectivity index (χ2v) is 5.35. The number of hydrazone groups is 1. The lowest BCUT2D eigenvalue weighted by molar-refractivity contribution is -0.385. The highest BCUT2D eigenvalue weighted by Crippen LogP contribution is 2.21. The molecule has 23 heavy (non-hydrogen) atoms. The predicted molar refractivity (Wildman–Crippen MR) is 85.7 cm³/mol. The SMILES string of the molecule is CC(=NNC(=O)Cn1cc([N+](=O)[O-])cn1)c1ccc(Cl)cc1Cl. The van der Waals surface area contributed by atoms with Gasteiger partial charge in [-0.15, -0.1) is 0 Å². The summed E-state index contributed by atoms with van der Waals surface area (Å²) >= 11 is 11.9. The average molecular weight is 356 g/mol. The summed E-state index contributed by atoms with van der Waals surface area (Å²) in [7, 11) is 0. The number of nitrogens with zero attached hydrogens (tertiary/aromatic N) is 4. The molecular weight excluding hydrogens is 345 g/mol. The third-order valence-corrected chi connectivity index (χ3v) is 3.35. The Hall–Kier alpha value is -2.45. The van der Waals surface area contributed by atoms with Gasteiger partial charge >= 0.3 is 5.69 Å². The Morgan fingerprint density at radius 1 is 1.48 bits per heavy atom. The highest BCUT2D eigenvalue weighted by molar-refractivity contribution is 6.37. The van der Waals surface area contributed by atoms with Crippen LogP contribution in [0.5, 0.6) is 0 Å². The van der Waals surface area contributed by atoms with Crippen LogP contribution in [0.4, 0.5) is 5.69 Å². The van der Waals surface area contributed by atoms with Crippen molar-refractivity contribution in [2.45, 2.75) is 13.5 Å². The largest absolute Gasteiger partial charge is 0.307 e. The normalized spacial score (nSPS) is 11.3. The monoisotopic (exact) mass is 355 g/mol. The van der Waals surface area contributed by atoms with Gasteiger partial charge in [-0.1, -0.05) is 29.3 Å². The van der Waals surface area contributed by atoms with Crippen LogP contribution < -0.4 is 5.43 Å². The van der Waals surface area contributed by atoms with Crippen molar-refractivity contribution in [2.75, 3.05) is 0 Å². The van der Waals surface area contributed by atoms with Gasteiger partial charge in [-0.05, 0) is 19.1 Å². The standard InChI is InChI=1S/C13H11Cl2N5O3/c1-8(11-3-2-9(14)4-12(11)15)17-18-13(21)7-19-6-10(5-16-19)20(22)23/h2-6H,7H2,1H3,(H,18,21). The number of aromatic nitrogens is 2. The number of rotatable bonds is 5. The maximum atomic E-state index is 11.8. The van der Waals surface area contributed by atoms with Crippen LogP contribution in [0.3, 0.4) is 0 Å². The fourth-order valence-corrected chi connectivity index (χ4v) is 2.25. The molecule has 0 aliphatic carbocycles. The molecule has 1 aromatic heterocycles. The summed E-state index contributed by atoms with van der Waals surface area (Å²) in [5, 5.41) is 19.1. The summed E-state index contributed by atoms with van der Waals surface area (Å²) in [6.07, 6.45) is 2.22. The molecule has 2 rings (SSSR count). The molecule has 1 heterocycles. The van der Waals surface area contributed by atoms with E-state index in [1.165, 1.54) is 0 Å². The molecule has 10 heteroatoms. The number of amides is 1. The van der Waals surface area contributed by atoms with Crippen molar-refractivity contribution in [1.82, 2.24) is 15.2 Å². The highest BCUT2D eigenvalue weighted by atomic mass is 35.5. The van der Waals surface area contributed by atoms with Crippen LogP contribution in [-0.4, -0.2) is 26.3 Å². The van der Waals surface area contributed by atoms with Crippen LogP contribution in [0.15, 0.2) is 35.7 Å². The van der Waals surface area contributed by atoms with Gasteiger partial charge in [0.25, 0.3) is 5.91 Å². The van der Waals surface area contributed by atoms with Crippen LogP contribution >= 0.6 is 23.2 Å². The fourth-order valence-electron chi connectivity index (χ4n) is 1.71. The molecule has 0 aliphatic rings. The molecule has 8 nitrogen and oxygen atoms in total. The number of benzene rings is 1. The van der Waals surface area contributed by atoms with E-state index >= 15 is 0 Å². The number of carbonyl (C=O) groups excluding carboxylic acids is 1. The summed E-state index contributed by atoms with van der Waals surface area (Å²) in [6, 6.07) is 4.92. The third-order valence-electron chi connectivity index (χ3n) is 2.81. The minimum Gasteiger partial charge on any atom is -0.271 e. The van der Waals surface area contributed by atoms with Gasteiger partial charge in [-0.2, -0.15) is 10.2 Å². The van der Waals surface area contributed by atoms with Crippen molar-refractivity contribution in [3.05, 3.63) is 56.3 Å². The summed E-state index contributed by atoms with van der Waals surface area (Å²) in [5.74, 6) is -0.479. The number of nitro groups is 1. The molecular formula is C13H11Cl2N5O3. The fraction of sp³-hybridized carbons (Fsp3) is 0.154. The molecule has 0 bridgehead atoms. The highest BCUT2D eigenvalue weighted by Gasteiger charge is 2.11. The molecule has 0 spiro atoms. The minimum absolute atomic E-state index is 0.189. The number of halogens is 2. The topological polar surface area (TPSA) is 102 Å². The molecule has 0 fully saturated rings. The summed E-state index contributed by atoms with van der Waals surface area (Å²) in [6.45, 7) is 1.48. The summed E-state index contributed by atoms with van der Waals surface area (Å²) in [5.41, 5.74) is 3.27. The van der Waals surface area contributed by atoms with Crippen LogP contribution in [0, 0.1) is 10.1 Å². The molecule has 0 radical (unpaired) electrons. The van der Waals surface area contributed by atoms with Gasteiger partial charge < -0.3 is 0 Å². The quantitative estimate of drug-likeness (QED) is 0.505. The number of carbonyl (C=O) groups is 1. The van der Waals surface area contributed by atoms with Gasteiger partial charge in [0.1, 0.15) is 18.9 Å². The Morgan fingerprint density at radius 3 is 2.83 bits per heavy atom. The molecule has 0 atom stereocenters. The second-order valence-electron chi connectivity index (χ2n) is 4.51. The van der Waals surface area contributed by atoms with Crippen LogP contribution in [-0.2, 0) is 11.3 Å². The van der Waals surface area contributed by atoms with Crippen LogP contribution in [0.25, 0.3) is 0 Å². The van der Waals surface area contributed by atoms with Crippen molar-refractivity contribution in [3.8, 4) is 0 Å². The van der Waals surface area contributed by atoms with E-state index in [4.69, 9.17) is 23.2 Å². The Labute approximate surface area is 140 Å². The smallest absolute Gasteiger partial charge is 0.271 e. The van der Waals surface area contributed by atoms with Gasteiger partial charge in [-0.25, -0.2) is 5.43 Å². The van der Waals surface area contributed by atoms with E-state index in [0.717, 1.165) is 17.1 Å². The van der Waals surface area contributed by atoms with Crippen molar-refractivity contribution in [2.24, 2.45) is 5.10 Å². The lowest BCUT2D eigenvalue weighted by Gasteiger charge is -2.05. The predicted octanol–water partition coefficient (Wildman–Crippen LogP) is 2.64. The maximum absolute atomic E-state index is 11.8. The first kappa shape index (κ1) is 16.9. The summed E-state index contributed by atoms with van der Waals surface area (Å²) in [4.78, 5) is 21.7. The number of nitrogens with one attached hydrogen (secondary N) is 1. The Morgan fingerprint density at radius 2 is 2.22 bits per heavy atom. The lowest BCUT2D eigenvalue weighted by atomic mass is 10.1. The Kier molecular flexibility index (Phi) is 5.30. The molecule has 0 saturated carbocycles. The average Bonchev–Trinajstić information content (AvgIpc) is 2.93. The van der Waals surface area contributed by atoms with E-state index in [2.05, 4.69) is 15.6 Å². The van der Waals surface area contributed by atoms with Crippen molar-refractivity contribution in [1.29, 1.82) is 0 Å². The molecule has 0 saturated heterocycles. The minimum atomic E-state index is -0.591. The maximum Gasteiger partial charge on any atom is 0.307 e. The first-order valence-corrected chi connectivity index (χ1v) is 7.08. The van der Waals surface area contributed by atoms with Crippen molar-refractivity contribution >= 4 is 40.5 Å². The summed E-state index contributed by atoms with van der Waals surface area (Å²) < 4.78 is 1.15. The van der Waals surface area contributed by atoms with E-state index in [1.54, 1.807) is 25.1 Å². The van der Waals surface area contributed by atoms with Crippen LogP contribution in [0.2, 0.25) is 10.0 Å². The Balaban J connectivity index is 2.00. The zero-order valence-electron chi connectivity index (χ0n) is 11.9. The zero-order valence-corrected chi connectivity index (χ0v) is 13.4. The van der Waals surface area contributed by atoms with Crippen LogP contribution in [0.1, 0.15) is 12.5 Å². The van der Waals surface area contributed by atoms with Gasteiger partial charge in [0.2, 0.25) is 0 Å². The molecule has 1 amide bonds. The first-order chi connectivity index (χ1) is 10.9. The molecule has 1 aromatic carbocycles. The van der Waals surface area contributed by atoms with E-state index in [0.29, 0.717) is 21.3 Å². The Bertz CT molecular complexity index is 788. The van der Waals surface area contributed by atoms with Crippen molar-refractivity contribution in [3.63, 3.8) is 0 Å². The van der Waals surface area contributed by atoms with Gasteiger partial charge in [0.05, 0.1) is 15.7 Å². The lowest BCUT2D eigenvalue weighted by Crippen LogP contribution is -2.24. The third kappa shape index (κ3) is 4.51. The molecule has 0 unspecified atom stereocenters. The zero-order chi connectivity index (χ0) is 17.0. The van der Waals surface area contributed by atoms with Gasteiger partial charge in [0, 0.05) is 10.6 Å². The van der Waals surface area contributed by atoms with Gasteiger partial charge in [0.15, 0.2) is 0 Å². The van der Waals surface area contributed by atoms with Crippen molar-refractivity contribution < 1.29 is 9.72 Å². The molecule has 120 valence electrons. The molecule has 1 N–H and O–H groups in total. The van der Waals surface area contributed by atoms with E-state index in [9.17, 15) is 14.9 Å². The van der Waals surface area contributed by atoms with E-state index < -0.39 is 10.8 Å². The van der Waals surface area contributed by atoms with E-state index in [-0.39, 0.29) is 12.2 Å². The second kappa shape index (κ2) is 7.21. The molecule has 0 aliphatic heterocycles. The van der Waals surface area contributed by atoms with Gasteiger partial charge in [-0.3, -0.25) is 19.6 Å². The number of hydrogen-bond donors (Lipinski definition) is 1. The first-order valence-electron chi connectivity index (χ1n) is 6.32. The number of hydrogen-bond acceptors (Lipinski definition) is 5. The molecule has 2 aromatic rings. The van der Waals surface area contributed by atoms with E-state index in [1.807, 2.05) is 0 Å².